The van der Waals surface area contributed by atoms with E-state index < -0.39 is 5.97 Å². The molecule has 0 saturated heterocycles. The largest absolute Gasteiger partial charge is 0.490 e. The van der Waals surface area contributed by atoms with Crippen LogP contribution >= 0.6 is 38.5 Å². The van der Waals surface area contributed by atoms with Gasteiger partial charge in [-0.25, -0.2) is 4.79 Å². The van der Waals surface area contributed by atoms with Gasteiger partial charge in [-0.3, -0.25) is 0 Å². The van der Waals surface area contributed by atoms with Gasteiger partial charge in [-0.05, 0) is 59.3 Å². The number of esters is 1. The maximum Gasteiger partial charge on any atom is 0.338 e. The fourth-order valence-electron chi connectivity index (χ4n) is 1.94. The Balaban J connectivity index is 2.25. The molecule has 0 radical (unpaired) electrons. The summed E-state index contributed by atoms with van der Waals surface area (Å²) >= 11 is 5.54. The van der Waals surface area contributed by atoms with Gasteiger partial charge in [0.2, 0.25) is 0 Å². The molecule has 0 amide bonds. The van der Waals surface area contributed by atoms with Crippen molar-refractivity contribution in [3.8, 4) is 11.5 Å². The molecule has 0 aliphatic carbocycles. The van der Waals surface area contributed by atoms with Crippen LogP contribution in [0.1, 0.15) is 22.8 Å². The number of ether oxygens (including phenoxy) is 3. The molecule has 0 saturated carbocycles. The molecule has 2 aromatic carbocycles. The van der Waals surface area contributed by atoms with Gasteiger partial charge in [0, 0.05) is 4.47 Å². The van der Waals surface area contributed by atoms with Gasteiger partial charge in [0.1, 0.15) is 6.61 Å². The van der Waals surface area contributed by atoms with Crippen molar-refractivity contribution in [2.45, 2.75) is 13.5 Å². The molecule has 0 aromatic heterocycles. The number of carbonyl (C=O) groups excluding carboxylic acids is 1. The molecule has 0 bridgehead atoms. The van der Waals surface area contributed by atoms with Crippen molar-refractivity contribution in [2.24, 2.45) is 0 Å². The fourth-order valence-corrected chi connectivity index (χ4v) is 2.96. The van der Waals surface area contributed by atoms with Crippen LogP contribution in [-0.2, 0) is 11.3 Å². The van der Waals surface area contributed by atoms with E-state index in [1.54, 1.807) is 12.1 Å². The van der Waals surface area contributed by atoms with E-state index in [1.165, 1.54) is 7.11 Å². The molecule has 0 unspecified atom stereocenters. The fraction of sp³-hybridized carbons (Fsp3) is 0.235. The molecule has 2 aromatic rings. The second kappa shape index (κ2) is 8.54. The summed E-state index contributed by atoms with van der Waals surface area (Å²) in [5.74, 6) is 0.767. The molecule has 4 nitrogen and oxygen atoms in total. The van der Waals surface area contributed by atoms with Crippen LogP contribution in [0, 0.1) is 3.57 Å². The van der Waals surface area contributed by atoms with Crippen LogP contribution in [0.25, 0.3) is 0 Å². The molecule has 0 aliphatic heterocycles. The second-order valence-electron chi connectivity index (χ2n) is 4.63. The quantitative estimate of drug-likeness (QED) is 0.430. The van der Waals surface area contributed by atoms with E-state index >= 15 is 0 Å². The predicted molar refractivity (Wildman–Crippen MR) is 100 cm³/mol. The normalized spacial score (nSPS) is 10.3. The van der Waals surface area contributed by atoms with Crippen LogP contribution in [0.2, 0.25) is 0 Å². The zero-order valence-electron chi connectivity index (χ0n) is 12.8. The van der Waals surface area contributed by atoms with Crippen LogP contribution < -0.4 is 9.47 Å². The lowest BCUT2D eigenvalue weighted by Gasteiger charge is -2.15. The number of rotatable bonds is 6. The molecule has 0 fully saturated rings. The Labute approximate surface area is 157 Å². The molecule has 0 atom stereocenters. The Kier molecular flexibility index (Phi) is 6.71. The van der Waals surface area contributed by atoms with E-state index in [4.69, 9.17) is 14.2 Å². The first-order valence-corrected chi connectivity index (χ1v) is 8.84. The van der Waals surface area contributed by atoms with Gasteiger partial charge in [-0.15, -0.1) is 0 Å². The van der Waals surface area contributed by atoms with Crippen molar-refractivity contribution in [3.05, 3.63) is 55.6 Å². The summed E-state index contributed by atoms with van der Waals surface area (Å²) in [6, 6.07) is 11.3. The van der Waals surface area contributed by atoms with Gasteiger partial charge in [-0.2, -0.15) is 0 Å². The second-order valence-corrected chi connectivity index (χ2v) is 6.70. The molecule has 0 heterocycles. The van der Waals surface area contributed by atoms with Gasteiger partial charge in [0.05, 0.1) is 22.9 Å². The average Bonchev–Trinajstić information content (AvgIpc) is 2.55. The number of benzene rings is 2. The summed E-state index contributed by atoms with van der Waals surface area (Å²) in [6.07, 6.45) is 0. The van der Waals surface area contributed by atoms with E-state index in [0.29, 0.717) is 30.3 Å². The van der Waals surface area contributed by atoms with E-state index in [9.17, 15) is 4.79 Å². The highest BCUT2D eigenvalue weighted by molar-refractivity contribution is 14.1. The Hall–Kier alpha value is -1.28. The topological polar surface area (TPSA) is 44.8 Å². The number of halogens is 2. The zero-order chi connectivity index (χ0) is 16.8. The third kappa shape index (κ3) is 4.84. The van der Waals surface area contributed by atoms with E-state index in [2.05, 4.69) is 38.5 Å². The molecule has 23 heavy (non-hydrogen) atoms. The van der Waals surface area contributed by atoms with Crippen LogP contribution in [0.15, 0.2) is 40.9 Å². The average molecular weight is 491 g/mol. The van der Waals surface area contributed by atoms with E-state index in [-0.39, 0.29) is 0 Å². The van der Waals surface area contributed by atoms with E-state index in [1.807, 2.05) is 31.2 Å². The lowest BCUT2D eigenvalue weighted by molar-refractivity contribution is 0.0600. The van der Waals surface area contributed by atoms with Gasteiger partial charge in [0.25, 0.3) is 0 Å². The zero-order valence-corrected chi connectivity index (χ0v) is 16.5. The van der Waals surface area contributed by atoms with Crippen molar-refractivity contribution in [2.75, 3.05) is 13.7 Å². The number of hydrogen-bond acceptors (Lipinski definition) is 4. The third-order valence-corrected chi connectivity index (χ3v) is 4.36. The number of methoxy groups -OCH3 is 1. The van der Waals surface area contributed by atoms with Crippen molar-refractivity contribution in [1.82, 2.24) is 0 Å². The van der Waals surface area contributed by atoms with Gasteiger partial charge in [0.15, 0.2) is 11.5 Å². The first-order chi connectivity index (χ1) is 11.0. The maximum atomic E-state index is 11.7. The van der Waals surface area contributed by atoms with Crippen molar-refractivity contribution >= 4 is 44.5 Å². The first-order valence-electron chi connectivity index (χ1n) is 6.97. The molecular weight excluding hydrogens is 475 g/mol. The molecule has 0 aliphatic rings. The smallest absolute Gasteiger partial charge is 0.338 e. The highest BCUT2D eigenvalue weighted by atomic mass is 127. The lowest BCUT2D eigenvalue weighted by atomic mass is 10.2. The van der Waals surface area contributed by atoms with Crippen molar-refractivity contribution in [1.29, 1.82) is 0 Å². The number of carbonyl (C=O) groups is 1. The SMILES string of the molecule is CCOc1cc(C(=O)OC)cc(I)c1OCc1ccc(Br)cc1. The molecule has 2 rings (SSSR count). The van der Waals surface area contributed by atoms with Gasteiger partial charge in [-0.1, -0.05) is 28.1 Å². The number of hydrogen-bond donors (Lipinski definition) is 0. The molecule has 122 valence electrons. The standard InChI is InChI=1S/C17H16BrIO4/c1-3-22-15-9-12(17(20)21-2)8-14(19)16(15)23-10-11-4-6-13(18)7-5-11/h4-9H,3,10H2,1-2H3. The van der Waals surface area contributed by atoms with Crippen LogP contribution in [0.4, 0.5) is 0 Å². The Bertz CT molecular complexity index is 686. The summed E-state index contributed by atoms with van der Waals surface area (Å²) in [5, 5.41) is 0. The van der Waals surface area contributed by atoms with Crippen LogP contribution in [0.5, 0.6) is 11.5 Å². The van der Waals surface area contributed by atoms with Crippen molar-refractivity contribution < 1.29 is 19.0 Å². The Morgan fingerprint density at radius 1 is 1.17 bits per heavy atom. The predicted octanol–water partition coefficient (Wildman–Crippen LogP) is 4.82. The minimum Gasteiger partial charge on any atom is -0.490 e. The molecule has 6 heteroatoms. The highest BCUT2D eigenvalue weighted by Crippen LogP contribution is 2.35. The third-order valence-electron chi connectivity index (χ3n) is 3.03. The summed E-state index contributed by atoms with van der Waals surface area (Å²) in [7, 11) is 1.35. The monoisotopic (exact) mass is 490 g/mol. The molecule has 0 spiro atoms. The molecular formula is C17H16BrIO4. The summed E-state index contributed by atoms with van der Waals surface area (Å²) in [4.78, 5) is 11.7. The van der Waals surface area contributed by atoms with E-state index in [0.717, 1.165) is 13.6 Å². The van der Waals surface area contributed by atoms with Crippen molar-refractivity contribution in [3.63, 3.8) is 0 Å². The highest BCUT2D eigenvalue weighted by Gasteiger charge is 2.16. The van der Waals surface area contributed by atoms with Gasteiger partial charge < -0.3 is 14.2 Å². The summed E-state index contributed by atoms with van der Waals surface area (Å²) < 4.78 is 18.1. The van der Waals surface area contributed by atoms with Crippen LogP contribution in [-0.4, -0.2) is 19.7 Å². The Morgan fingerprint density at radius 3 is 2.48 bits per heavy atom. The summed E-state index contributed by atoms with van der Waals surface area (Å²) in [6.45, 7) is 2.78. The summed E-state index contributed by atoms with van der Waals surface area (Å²) in [5.41, 5.74) is 1.49. The lowest BCUT2D eigenvalue weighted by Crippen LogP contribution is -2.06. The van der Waals surface area contributed by atoms with Crippen LogP contribution in [0.3, 0.4) is 0 Å². The van der Waals surface area contributed by atoms with Gasteiger partial charge >= 0.3 is 5.97 Å². The minimum absolute atomic E-state index is 0.400. The Morgan fingerprint density at radius 2 is 1.87 bits per heavy atom. The first kappa shape index (κ1) is 18.1. The maximum absolute atomic E-state index is 11.7. The minimum atomic E-state index is -0.400. The molecule has 0 N–H and O–H groups in total.